The van der Waals surface area contributed by atoms with Crippen molar-refractivity contribution in [3.05, 3.63) is 29.8 Å². The highest BCUT2D eigenvalue weighted by Gasteiger charge is 2.26. The number of hydrogen-bond donors (Lipinski definition) is 2. The van der Waals surface area contributed by atoms with Crippen LogP contribution < -0.4 is 5.32 Å². The molecule has 0 aliphatic heterocycles. The Labute approximate surface area is 85.0 Å². The van der Waals surface area contributed by atoms with Crippen LogP contribution in [0.2, 0.25) is 0 Å². The molecule has 0 radical (unpaired) electrons. The monoisotopic (exact) mass is 191 g/mol. The van der Waals surface area contributed by atoms with Gasteiger partial charge in [-0.2, -0.15) is 0 Å². The van der Waals surface area contributed by atoms with Gasteiger partial charge in [0.15, 0.2) is 0 Å². The fourth-order valence-corrected chi connectivity index (χ4v) is 1.88. The number of para-hydroxylation sites is 1. The van der Waals surface area contributed by atoms with Crippen LogP contribution >= 0.6 is 0 Å². The van der Waals surface area contributed by atoms with Crippen LogP contribution in [0.4, 0.5) is 5.69 Å². The van der Waals surface area contributed by atoms with Gasteiger partial charge in [-0.3, -0.25) is 0 Å². The quantitative estimate of drug-likeness (QED) is 0.769. The first-order valence-electron chi connectivity index (χ1n) is 5.26. The van der Waals surface area contributed by atoms with Gasteiger partial charge in [0, 0.05) is 17.3 Å². The average Bonchev–Trinajstić information content (AvgIpc) is 2.24. The third-order valence-electron chi connectivity index (χ3n) is 3.15. The van der Waals surface area contributed by atoms with Gasteiger partial charge < -0.3 is 10.4 Å². The summed E-state index contributed by atoms with van der Waals surface area (Å²) >= 11 is 0. The Morgan fingerprint density at radius 1 is 1.36 bits per heavy atom. The smallest absolute Gasteiger partial charge is 0.0701 e. The van der Waals surface area contributed by atoms with Crippen molar-refractivity contribution >= 4 is 5.69 Å². The molecular formula is C12H17NO. The summed E-state index contributed by atoms with van der Waals surface area (Å²) in [5.74, 6) is 0.766. The van der Waals surface area contributed by atoms with Gasteiger partial charge in [0.1, 0.15) is 0 Å². The van der Waals surface area contributed by atoms with Crippen molar-refractivity contribution in [2.45, 2.75) is 32.4 Å². The summed E-state index contributed by atoms with van der Waals surface area (Å²) < 4.78 is 0. The van der Waals surface area contributed by atoms with Crippen molar-refractivity contribution in [1.29, 1.82) is 0 Å². The first-order chi connectivity index (χ1) is 6.81. The van der Waals surface area contributed by atoms with E-state index in [0.29, 0.717) is 6.04 Å². The van der Waals surface area contributed by atoms with E-state index in [0.717, 1.165) is 17.2 Å². The molecule has 2 atom stereocenters. The number of aliphatic hydroxyl groups excluding tert-OH is 1. The molecule has 0 bridgehead atoms. The lowest BCUT2D eigenvalue weighted by Gasteiger charge is -2.35. The zero-order valence-corrected chi connectivity index (χ0v) is 8.53. The number of nitrogens with one attached hydrogen (secondary N) is 1. The maximum atomic E-state index is 9.15. The summed E-state index contributed by atoms with van der Waals surface area (Å²) in [6.45, 7) is 2.38. The van der Waals surface area contributed by atoms with Crippen molar-refractivity contribution < 1.29 is 5.11 Å². The highest BCUT2D eigenvalue weighted by Crippen LogP contribution is 2.30. The molecule has 76 valence electrons. The Hall–Kier alpha value is -1.02. The summed E-state index contributed by atoms with van der Waals surface area (Å²) in [7, 11) is 0. The molecule has 2 N–H and O–H groups in total. The van der Waals surface area contributed by atoms with Gasteiger partial charge in [-0.15, -0.1) is 0 Å². The summed E-state index contributed by atoms with van der Waals surface area (Å²) in [4.78, 5) is 0. The maximum Gasteiger partial charge on any atom is 0.0701 e. The van der Waals surface area contributed by atoms with Crippen molar-refractivity contribution in [2.24, 2.45) is 5.92 Å². The first kappa shape index (κ1) is 9.53. The molecule has 1 aliphatic rings. The molecule has 0 spiro atoms. The number of aliphatic hydroxyl groups is 1. The molecule has 1 fully saturated rings. The van der Waals surface area contributed by atoms with Crippen LogP contribution in [-0.4, -0.2) is 11.1 Å². The lowest BCUT2D eigenvalue weighted by Crippen LogP contribution is -2.36. The van der Waals surface area contributed by atoms with Crippen LogP contribution in [0.5, 0.6) is 0 Å². The van der Waals surface area contributed by atoms with Gasteiger partial charge in [0.2, 0.25) is 0 Å². The van der Waals surface area contributed by atoms with E-state index >= 15 is 0 Å². The Morgan fingerprint density at radius 2 is 2.14 bits per heavy atom. The highest BCUT2D eigenvalue weighted by molar-refractivity contribution is 5.51. The van der Waals surface area contributed by atoms with Gasteiger partial charge in [-0.05, 0) is 24.8 Å². The second-order valence-corrected chi connectivity index (χ2v) is 4.12. The second-order valence-electron chi connectivity index (χ2n) is 4.12. The average molecular weight is 191 g/mol. The molecule has 2 heteroatoms. The van der Waals surface area contributed by atoms with Gasteiger partial charge >= 0.3 is 0 Å². The molecule has 2 rings (SSSR count). The fraction of sp³-hybridized carbons (Fsp3) is 0.500. The van der Waals surface area contributed by atoms with E-state index in [2.05, 4.69) is 12.2 Å². The molecule has 1 aromatic rings. The molecule has 0 amide bonds. The van der Waals surface area contributed by atoms with Crippen LogP contribution in [0.3, 0.4) is 0 Å². The van der Waals surface area contributed by atoms with E-state index in [1.54, 1.807) is 0 Å². The van der Waals surface area contributed by atoms with Gasteiger partial charge in [-0.1, -0.05) is 25.1 Å². The summed E-state index contributed by atoms with van der Waals surface area (Å²) in [6.07, 6.45) is 2.57. The standard InChI is InChI=1S/C12H17NO/c1-9-6-7-11(9)13-12-5-3-2-4-10(12)8-14/h2-5,9,11,13-14H,6-8H2,1H3. The summed E-state index contributed by atoms with van der Waals surface area (Å²) in [5, 5.41) is 12.6. The minimum absolute atomic E-state index is 0.115. The largest absolute Gasteiger partial charge is 0.392 e. The van der Waals surface area contributed by atoms with Crippen LogP contribution in [0.1, 0.15) is 25.3 Å². The Balaban J connectivity index is 2.07. The van der Waals surface area contributed by atoms with Crippen molar-refractivity contribution in [1.82, 2.24) is 0 Å². The fourth-order valence-electron chi connectivity index (χ4n) is 1.88. The van der Waals surface area contributed by atoms with Gasteiger partial charge in [-0.25, -0.2) is 0 Å². The molecule has 1 aromatic carbocycles. The highest BCUT2D eigenvalue weighted by atomic mass is 16.3. The number of rotatable bonds is 3. The molecular weight excluding hydrogens is 174 g/mol. The van der Waals surface area contributed by atoms with E-state index in [-0.39, 0.29) is 6.61 Å². The van der Waals surface area contributed by atoms with Crippen LogP contribution in [-0.2, 0) is 6.61 Å². The van der Waals surface area contributed by atoms with Crippen LogP contribution in [0, 0.1) is 5.92 Å². The molecule has 1 saturated carbocycles. The predicted octanol–water partition coefficient (Wildman–Crippen LogP) is 2.39. The number of anilines is 1. The SMILES string of the molecule is CC1CCC1Nc1ccccc1CO. The molecule has 0 aromatic heterocycles. The predicted molar refractivity (Wildman–Crippen MR) is 58.2 cm³/mol. The molecule has 1 aliphatic carbocycles. The van der Waals surface area contributed by atoms with Crippen molar-refractivity contribution in [2.75, 3.05) is 5.32 Å². The topological polar surface area (TPSA) is 32.3 Å². The van der Waals surface area contributed by atoms with Crippen LogP contribution in [0.25, 0.3) is 0 Å². The Morgan fingerprint density at radius 3 is 2.71 bits per heavy atom. The third kappa shape index (κ3) is 1.75. The normalized spacial score (nSPS) is 25.6. The molecule has 14 heavy (non-hydrogen) atoms. The van der Waals surface area contributed by atoms with Crippen LogP contribution in [0.15, 0.2) is 24.3 Å². The maximum absolute atomic E-state index is 9.15. The molecule has 2 nitrogen and oxygen atoms in total. The minimum atomic E-state index is 0.115. The third-order valence-corrected chi connectivity index (χ3v) is 3.15. The van der Waals surface area contributed by atoms with E-state index in [1.165, 1.54) is 12.8 Å². The van der Waals surface area contributed by atoms with Gasteiger partial charge in [0.25, 0.3) is 0 Å². The summed E-state index contributed by atoms with van der Waals surface area (Å²) in [6, 6.07) is 8.57. The Kier molecular flexibility index (Phi) is 2.73. The Bertz CT molecular complexity index is 311. The van der Waals surface area contributed by atoms with E-state index < -0.39 is 0 Å². The number of benzene rings is 1. The molecule has 0 heterocycles. The van der Waals surface area contributed by atoms with E-state index in [1.807, 2.05) is 24.3 Å². The zero-order chi connectivity index (χ0) is 9.97. The van der Waals surface area contributed by atoms with Crippen molar-refractivity contribution in [3.63, 3.8) is 0 Å². The van der Waals surface area contributed by atoms with E-state index in [4.69, 9.17) is 5.11 Å². The first-order valence-corrected chi connectivity index (χ1v) is 5.26. The lowest BCUT2D eigenvalue weighted by molar-refractivity contribution is 0.280. The van der Waals surface area contributed by atoms with Gasteiger partial charge in [0.05, 0.1) is 6.61 Å². The molecule has 0 saturated heterocycles. The van der Waals surface area contributed by atoms with E-state index in [9.17, 15) is 0 Å². The zero-order valence-electron chi connectivity index (χ0n) is 8.53. The molecule has 2 unspecified atom stereocenters. The minimum Gasteiger partial charge on any atom is -0.392 e. The summed E-state index contributed by atoms with van der Waals surface area (Å²) in [5.41, 5.74) is 2.08. The van der Waals surface area contributed by atoms with Crippen molar-refractivity contribution in [3.8, 4) is 0 Å². The second kappa shape index (κ2) is 4.01. The lowest BCUT2D eigenvalue weighted by atomic mass is 9.81. The number of hydrogen-bond acceptors (Lipinski definition) is 2.